The van der Waals surface area contributed by atoms with Crippen molar-refractivity contribution < 1.29 is 4.39 Å². The number of hydrogen-bond donors (Lipinski definition) is 1. The van der Waals surface area contributed by atoms with Crippen molar-refractivity contribution in [3.8, 4) is 0 Å². The van der Waals surface area contributed by atoms with Gasteiger partial charge in [-0.3, -0.25) is 0 Å². The smallest absolute Gasteiger partial charge is 0.146 e. The topological polar surface area (TPSA) is 15.3 Å². The van der Waals surface area contributed by atoms with Gasteiger partial charge in [0.05, 0.1) is 5.69 Å². The Morgan fingerprint density at radius 1 is 1.20 bits per heavy atom. The normalized spacial score (nSPS) is 24.9. The lowest BCUT2D eigenvalue weighted by atomic mass is 9.83. The lowest BCUT2D eigenvalue weighted by molar-refractivity contribution is 0.257. The fraction of sp³-hybridized carbons (Fsp3) is 0.625. The highest BCUT2D eigenvalue weighted by molar-refractivity contribution is 9.10. The Hall–Kier alpha value is -0.610. The number of hydrogen-bond acceptors (Lipinski definition) is 2. The number of nitrogens with one attached hydrogen (secondary N) is 1. The van der Waals surface area contributed by atoms with Crippen LogP contribution in [0, 0.1) is 11.7 Å². The third-order valence-electron chi connectivity index (χ3n) is 4.67. The van der Waals surface area contributed by atoms with Gasteiger partial charge in [-0.25, -0.2) is 4.39 Å². The van der Waals surface area contributed by atoms with Gasteiger partial charge in [0, 0.05) is 30.1 Å². The molecular weight excluding hydrogens is 319 g/mol. The first-order valence-electron chi connectivity index (χ1n) is 7.67. The molecule has 1 atom stereocenters. The average Bonchev–Trinajstić information content (AvgIpc) is 2.51. The lowest BCUT2D eigenvalue weighted by Gasteiger charge is -2.40. The minimum Gasteiger partial charge on any atom is -0.366 e. The van der Waals surface area contributed by atoms with Gasteiger partial charge in [0.2, 0.25) is 0 Å². The highest BCUT2D eigenvalue weighted by Crippen LogP contribution is 2.30. The summed E-state index contributed by atoms with van der Waals surface area (Å²) in [6, 6.07) is 5.73. The van der Waals surface area contributed by atoms with Crippen molar-refractivity contribution in [2.45, 2.75) is 38.1 Å². The van der Waals surface area contributed by atoms with Crippen molar-refractivity contribution in [2.75, 3.05) is 24.5 Å². The van der Waals surface area contributed by atoms with E-state index in [0.29, 0.717) is 6.04 Å². The van der Waals surface area contributed by atoms with E-state index < -0.39 is 0 Å². The Kier molecular flexibility index (Phi) is 4.61. The molecule has 0 bridgehead atoms. The summed E-state index contributed by atoms with van der Waals surface area (Å²) in [5.74, 6) is 0.652. The van der Waals surface area contributed by atoms with E-state index in [-0.39, 0.29) is 5.82 Å². The largest absolute Gasteiger partial charge is 0.366 e. The predicted molar refractivity (Wildman–Crippen MR) is 84.7 cm³/mol. The lowest BCUT2D eigenvalue weighted by Crippen LogP contribution is -2.54. The first kappa shape index (κ1) is 14.3. The van der Waals surface area contributed by atoms with Gasteiger partial charge < -0.3 is 10.2 Å². The third kappa shape index (κ3) is 3.17. The van der Waals surface area contributed by atoms with E-state index in [0.717, 1.165) is 35.7 Å². The molecule has 1 aromatic carbocycles. The Labute approximate surface area is 128 Å². The molecule has 0 spiro atoms. The van der Waals surface area contributed by atoms with Gasteiger partial charge in [0.25, 0.3) is 0 Å². The van der Waals surface area contributed by atoms with Crippen LogP contribution in [0.2, 0.25) is 0 Å². The second kappa shape index (κ2) is 6.44. The second-order valence-electron chi connectivity index (χ2n) is 6.00. The fourth-order valence-electron chi connectivity index (χ4n) is 3.58. The van der Waals surface area contributed by atoms with Crippen molar-refractivity contribution >= 4 is 21.6 Å². The van der Waals surface area contributed by atoms with Crippen LogP contribution in [0.1, 0.15) is 32.1 Å². The number of halogens is 2. The maximum atomic E-state index is 14.0. The van der Waals surface area contributed by atoms with E-state index in [4.69, 9.17) is 0 Å². The maximum absolute atomic E-state index is 14.0. The zero-order valence-electron chi connectivity index (χ0n) is 11.7. The van der Waals surface area contributed by atoms with Gasteiger partial charge in [-0.1, -0.05) is 35.2 Å². The van der Waals surface area contributed by atoms with Crippen molar-refractivity contribution in [2.24, 2.45) is 5.92 Å². The molecule has 1 heterocycles. The molecule has 20 heavy (non-hydrogen) atoms. The van der Waals surface area contributed by atoms with E-state index in [1.807, 2.05) is 6.07 Å². The van der Waals surface area contributed by atoms with E-state index in [1.165, 1.54) is 32.1 Å². The van der Waals surface area contributed by atoms with Crippen LogP contribution in [0.5, 0.6) is 0 Å². The van der Waals surface area contributed by atoms with Crippen LogP contribution in [0.3, 0.4) is 0 Å². The van der Waals surface area contributed by atoms with Gasteiger partial charge in [-0.15, -0.1) is 0 Å². The minimum atomic E-state index is -0.113. The molecule has 2 fully saturated rings. The molecule has 2 aliphatic rings. The summed E-state index contributed by atoms with van der Waals surface area (Å²) in [7, 11) is 0. The van der Waals surface area contributed by atoms with Crippen LogP contribution in [0.25, 0.3) is 0 Å². The van der Waals surface area contributed by atoms with Crippen molar-refractivity contribution in [3.05, 3.63) is 28.5 Å². The Balaban J connectivity index is 1.72. The van der Waals surface area contributed by atoms with E-state index in [2.05, 4.69) is 26.1 Å². The van der Waals surface area contributed by atoms with E-state index in [9.17, 15) is 4.39 Å². The number of piperazine rings is 1. The Bertz CT molecular complexity index is 460. The summed E-state index contributed by atoms with van der Waals surface area (Å²) in [4.78, 5) is 2.20. The first-order chi connectivity index (χ1) is 9.74. The van der Waals surface area contributed by atoms with Crippen LogP contribution < -0.4 is 10.2 Å². The van der Waals surface area contributed by atoms with Crippen LogP contribution >= 0.6 is 15.9 Å². The molecule has 1 unspecified atom stereocenters. The molecule has 1 saturated carbocycles. The van der Waals surface area contributed by atoms with Crippen LogP contribution in [0.4, 0.5) is 10.1 Å². The number of nitrogens with zero attached hydrogens (tertiary/aromatic N) is 1. The fourth-order valence-corrected chi connectivity index (χ4v) is 3.93. The van der Waals surface area contributed by atoms with Crippen LogP contribution in [0.15, 0.2) is 22.7 Å². The van der Waals surface area contributed by atoms with Gasteiger partial charge in [0.15, 0.2) is 0 Å². The molecule has 4 heteroatoms. The quantitative estimate of drug-likeness (QED) is 0.876. The summed E-state index contributed by atoms with van der Waals surface area (Å²) in [5, 5.41) is 3.65. The summed E-state index contributed by atoms with van der Waals surface area (Å²) >= 11 is 3.45. The average molecular weight is 341 g/mol. The molecule has 1 aliphatic heterocycles. The van der Waals surface area contributed by atoms with Crippen molar-refractivity contribution in [3.63, 3.8) is 0 Å². The predicted octanol–water partition coefficient (Wildman–Crippen LogP) is 3.95. The molecule has 1 N–H and O–H groups in total. The number of benzene rings is 1. The number of anilines is 1. The minimum absolute atomic E-state index is 0.113. The molecular formula is C16H22BrFN2. The van der Waals surface area contributed by atoms with Gasteiger partial charge >= 0.3 is 0 Å². The molecule has 2 nitrogen and oxygen atoms in total. The molecule has 1 aromatic rings. The molecule has 1 saturated heterocycles. The molecule has 0 aromatic heterocycles. The first-order valence-corrected chi connectivity index (χ1v) is 8.47. The molecule has 3 rings (SSSR count). The zero-order valence-corrected chi connectivity index (χ0v) is 13.3. The monoisotopic (exact) mass is 340 g/mol. The van der Waals surface area contributed by atoms with Crippen molar-refractivity contribution in [1.82, 2.24) is 5.32 Å². The van der Waals surface area contributed by atoms with E-state index in [1.54, 1.807) is 12.1 Å². The van der Waals surface area contributed by atoms with E-state index >= 15 is 0 Å². The second-order valence-corrected chi connectivity index (χ2v) is 6.92. The summed E-state index contributed by atoms with van der Waals surface area (Å²) in [6.07, 6.45) is 6.74. The highest BCUT2D eigenvalue weighted by atomic mass is 79.9. The molecule has 0 radical (unpaired) electrons. The standard InChI is InChI=1S/C16H22BrFN2/c17-13-6-7-14(18)16(10-13)20-9-8-19-15(11-20)12-4-2-1-3-5-12/h6-7,10,12,15,19H,1-5,8-9,11H2. The van der Waals surface area contributed by atoms with Gasteiger partial charge in [0.1, 0.15) is 5.82 Å². The Morgan fingerprint density at radius 2 is 2.00 bits per heavy atom. The maximum Gasteiger partial charge on any atom is 0.146 e. The molecule has 110 valence electrons. The number of rotatable bonds is 2. The summed E-state index contributed by atoms with van der Waals surface area (Å²) < 4.78 is 15.0. The summed E-state index contributed by atoms with van der Waals surface area (Å²) in [6.45, 7) is 2.77. The van der Waals surface area contributed by atoms with Crippen LogP contribution in [-0.2, 0) is 0 Å². The van der Waals surface area contributed by atoms with Gasteiger partial charge in [-0.05, 0) is 37.0 Å². The van der Waals surface area contributed by atoms with Crippen LogP contribution in [-0.4, -0.2) is 25.7 Å². The SMILES string of the molecule is Fc1ccc(Br)cc1N1CCNC(C2CCCCC2)C1. The third-order valence-corrected chi connectivity index (χ3v) is 5.17. The summed E-state index contributed by atoms with van der Waals surface area (Å²) in [5.41, 5.74) is 0.738. The highest BCUT2D eigenvalue weighted by Gasteiger charge is 2.28. The Morgan fingerprint density at radius 3 is 2.80 bits per heavy atom. The van der Waals surface area contributed by atoms with Crippen molar-refractivity contribution in [1.29, 1.82) is 0 Å². The molecule has 1 aliphatic carbocycles. The van der Waals surface area contributed by atoms with Gasteiger partial charge in [-0.2, -0.15) is 0 Å². The zero-order chi connectivity index (χ0) is 13.9. The molecule has 0 amide bonds.